The van der Waals surface area contributed by atoms with Crippen molar-refractivity contribution in [2.24, 2.45) is 11.3 Å². The van der Waals surface area contributed by atoms with Gasteiger partial charge in [0.25, 0.3) is 0 Å². The van der Waals surface area contributed by atoms with E-state index in [1.165, 1.54) is 0 Å². The zero-order valence-electron chi connectivity index (χ0n) is 12.6. The number of carbonyl (C=O) groups is 2. The van der Waals surface area contributed by atoms with Crippen LogP contribution in [0.4, 0.5) is 0 Å². The second kappa shape index (κ2) is 5.90. The lowest BCUT2D eigenvalue weighted by atomic mass is 9.79. The molecule has 0 spiro atoms. The van der Waals surface area contributed by atoms with Gasteiger partial charge in [-0.1, -0.05) is 27.7 Å². The van der Waals surface area contributed by atoms with Crippen molar-refractivity contribution in [1.29, 1.82) is 0 Å². The fourth-order valence-corrected chi connectivity index (χ4v) is 2.69. The summed E-state index contributed by atoms with van der Waals surface area (Å²) in [5.41, 5.74) is -0.561. The summed E-state index contributed by atoms with van der Waals surface area (Å²) >= 11 is 0. The largest absolute Gasteiger partial charge is 0.481 e. The molecule has 110 valence electrons. The maximum Gasteiger partial charge on any atom is 0.316 e. The molecule has 19 heavy (non-hydrogen) atoms. The fourth-order valence-electron chi connectivity index (χ4n) is 2.69. The summed E-state index contributed by atoms with van der Waals surface area (Å²) in [4.78, 5) is 27.8. The Balaban J connectivity index is 2.80. The van der Waals surface area contributed by atoms with Crippen LogP contribution in [-0.2, 0) is 9.59 Å². The normalized spacial score (nSPS) is 23.2. The zero-order chi connectivity index (χ0) is 14.8. The van der Waals surface area contributed by atoms with Crippen LogP contribution < -0.4 is 0 Å². The molecule has 1 N–H and O–H groups in total. The Bertz CT molecular complexity index is 349. The van der Waals surface area contributed by atoms with Gasteiger partial charge in [0.15, 0.2) is 0 Å². The number of carboxylic acids is 1. The van der Waals surface area contributed by atoms with Crippen molar-refractivity contribution < 1.29 is 14.7 Å². The highest BCUT2D eigenvalue weighted by molar-refractivity contribution is 5.97. The fraction of sp³-hybridized carbons (Fsp3) is 0.857. The van der Waals surface area contributed by atoms with Gasteiger partial charge in [0, 0.05) is 25.7 Å². The average Bonchev–Trinajstić information content (AvgIpc) is 2.26. The van der Waals surface area contributed by atoms with Crippen LogP contribution >= 0.6 is 0 Å². The smallest absolute Gasteiger partial charge is 0.316 e. The Morgan fingerprint density at radius 1 is 1.32 bits per heavy atom. The molecule has 2 unspecified atom stereocenters. The second-order valence-electron chi connectivity index (χ2n) is 6.40. The Labute approximate surface area is 115 Å². The molecular weight excluding hydrogens is 244 g/mol. The van der Waals surface area contributed by atoms with E-state index in [2.05, 4.69) is 18.7 Å². The Kier molecular flexibility index (Phi) is 4.96. The third-order valence-corrected chi connectivity index (χ3v) is 3.84. The third kappa shape index (κ3) is 3.69. The molecule has 0 saturated carbocycles. The molecule has 0 aromatic carbocycles. The first-order chi connectivity index (χ1) is 8.68. The lowest BCUT2D eigenvalue weighted by Gasteiger charge is -2.41. The summed E-state index contributed by atoms with van der Waals surface area (Å²) in [5, 5.41) is 9.32. The van der Waals surface area contributed by atoms with Crippen molar-refractivity contribution in [2.45, 2.75) is 40.7 Å². The SMILES string of the molecule is CCN1CCN(C(=O)C(C(=O)O)C(C)(C)C)CC1C. The van der Waals surface area contributed by atoms with Crippen molar-refractivity contribution in [1.82, 2.24) is 9.80 Å². The maximum absolute atomic E-state index is 12.5. The van der Waals surface area contributed by atoms with E-state index in [0.29, 0.717) is 13.1 Å². The molecule has 0 aliphatic carbocycles. The van der Waals surface area contributed by atoms with E-state index < -0.39 is 17.3 Å². The summed E-state index contributed by atoms with van der Waals surface area (Å²) < 4.78 is 0. The third-order valence-electron chi connectivity index (χ3n) is 3.84. The number of hydrogen-bond acceptors (Lipinski definition) is 3. The highest BCUT2D eigenvalue weighted by Crippen LogP contribution is 2.28. The first-order valence-electron chi connectivity index (χ1n) is 6.94. The van der Waals surface area contributed by atoms with Gasteiger partial charge in [0.1, 0.15) is 5.92 Å². The number of piperazine rings is 1. The Morgan fingerprint density at radius 2 is 1.89 bits per heavy atom. The first kappa shape index (κ1) is 16.0. The number of likely N-dealkylation sites (N-methyl/N-ethyl adjacent to an activating group) is 1. The quantitative estimate of drug-likeness (QED) is 0.785. The predicted molar refractivity (Wildman–Crippen MR) is 73.9 cm³/mol. The summed E-state index contributed by atoms with van der Waals surface area (Å²) in [6.45, 7) is 12.6. The molecule has 1 heterocycles. The number of carbonyl (C=O) groups excluding carboxylic acids is 1. The predicted octanol–water partition coefficient (Wildman–Crippen LogP) is 1.29. The number of hydrogen-bond donors (Lipinski definition) is 1. The summed E-state index contributed by atoms with van der Waals surface area (Å²) in [6.07, 6.45) is 0. The van der Waals surface area contributed by atoms with Crippen LogP contribution in [0.5, 0.6) is 0 Å². The van der Waals surface area contributed by atoms with Crippen LogP contribution in [0.1, 0.15) is 34.6 Å². The molecule has 1 rings (SSSR count). The topological polar surface area (TPSA) is 60.9 Å². The number of carboxylic acid groups (broad SMARTS) is 1. The highest BCUT2D eigenvalue weighted by atomic mass is 16.4. The van der Waals surface area contributed by atoms with Crippen LogP contribution in [-0.4, -0.2) is 59.0 Å². The molecule has 1 fully saturated rings. The molecule has 5 nitrogen and oxygen atoms in total. The monoisotopic (exact) mass is 270 g/mol. The molecule has 0 bridgehead atoms. The van der Waals surface area contributed by atoms with Gasteiger partial charge in [-0.3, -0.25) is 14.5 Å². The minimum atomic E-state index is -1.02. The van der Waals surface area contributed by atoms with Crippen LogP contribution in [0.2, 0.25) is 0 Å². The van der Waals surface area contributed by atoms with Crippen LogP contribution in [0.15, 0.2) is 0 Å². The standard InChI is InChI=1S/C14H26N2O3/c1-6-15-7-8-16(9-10(15)2)12(17)11(13(18)19)14(3,4)5/h10-11H,6-9H2,1-5H3,(H,18,19). The van der Waals surface area contributed by atoms with E-state index >= 15 is 0 Å². The van der Waals surface area contributed by atoms with Crippen LogP contribution in [0.3, 0.4) is 0 Å². The molecule has 0 aromatic rings. The number of aliphatic carboxylic acids is 1. The van der Waals surface area contributed by atoms with Crippen LogP contribution in [0.25, 0.3) is 0 Å². The van der Waals surface area contributed by atoms with Gasteiger partial charge in [0.05, 0.1) is 0 Å². The van der Waals surface area contributed by atoms with Gasteiger partial charge < -0.3 is 10.0 Å². The number of amides is 1. The van der Waals surface area contributed by atoms with Crippen molar-refractivity contribution in [3.63, 3.8) is 0 Å². The molecule has 1 aliphatic heterocycles. The van der Waals surface area contributed by atoms with Gasteiger partial charge in [-0.15, -0.1) is 0 Å². The summed E-state index contributed by atoms with van der Waals surface area (Å²) in [5.74, 6) is -2.24. The van der Waals surface area contributed by atoms with Crippen molar-refractivity contribution in [3.05, 3.63) is 0 Å². The summed E-state index contributed by atoms with van der Waals surface area (Å²) in [6, 6.07) is 0.289. The van der Waals surface area contributed by atoms with Gasteiger partial charge in [0.2, 0.25) is 5.91 Å². The Morgan fingerprint density at radius 3 is 2.26 bits per heavy atom. The van der Waals surface area contributed by atoms with Gasteiger partial charge >= 0.3 is 5.97 Å². The average molecular weight is 270 g/mol. The van der Waals surface area contributed by atoms with E-state index in [4.69, 9.17) is 0 Å². The lowest BCUT2D eigenvalue weighted by molar-refractivity contribution is -0.157. The zero-order valence-corrected chi connectivity index (χ0v) is 12.6. The number of nitrogens with zero attached hydrogens (tertiary/aromatic N) is 2. The minimum Gasteiger partial charge on any atom is -0.481 e. The van der Waals surface area contributed by atoms with E-state index in [-0.39, 0.29) is 11.9 Å². The minimum absolute atomic E-state index is 0.248. The molecular formula is C14H26N2O3. The molecule has 5 heteroatoms. The molecule has 1 aliphatic rings. The molecule has 0 aromatic heterocycles. The van der Waals surface area contributed by atoms with Crippen molar-refractivity contribution in [2.75, 3.05) is 26.2 Å². The molecule has 0 radical (unpaired) electrons. The van der Waals surface area contributed by atoms with Crippen molar-refractivity contribution >= 4 is 11.9 Å². The molecule has 1 amide bonds. The number of rotatable bonds is 3. The van der Waals surface area contributed by atoms with Crippen LogP contribution in [0, 0.1) is 11.3 Å². The highest BCUT2D eigenvalue weighted by Gasteiger charge is 2.41. The molecule has 1 saturated heterocycles. The van der Waals surface area contributed by atoms with Gasteiger partial charge in [-0.2, -0.15) is 0 Å². The second-order valence-corrected chi connectivity index (χ2v) is 6.40. The summed E-state index contributed by atoms with van der Waals surface area (Å²) in [7, 11) is 0. The van der Waals surface area contributed by atoms with Crippen molar-refractivity contribution in [3.8, 4) is 0 Å². The maximum atomic E-state index is 12.5. The van der Waals surface area contributed by atoms with Gasteiger partial charge in [-0.25, -0.2) is 0 Å². The van der Waals surface area contributed by atoms with E-state index in [1.54, 1.807) is 25.7 Å². The lowest BCUT2D eigenvalue weighted by Crippen LogP contribution is -2.56. The molecule has 2 atom stereocenters. The van der Waals surface area contributed by atoms with E-state index in [1.807, 2.05) is 0 Å². The van der Waals surface area contributed by atoms with E-state index in [0.717, 1.165) is 13.1 Å². The van der Waals surface area contributed by atoms with E-state index in [9.17, 15) is 14.7 Å². The van der Waals surface area contributed by atoms with Gasteiger partial charge in [-0.05, 0) is 18.9 Å². The first-order valence-corrected chi connectivity index (χ1v) is 6.94. The Hall–Kier alpha value is -1.10.